The van der Waals surface area contributed by atoms with Gasteiger partial charge in [-0.3, -0.25) is 19.5 Å². The second kappa shape index (κ2) is 11.9. The number of piperidine rings is 1. The molecule has 3 aliphatic heterocycles. The van der Waals surface area contributed by atoms with Crippen LogP contribution in [0.25, 0.3) is 22.3 Å². The number of nitrogens with one attached hydrogen (secondary N) is 1. The van der Waals surface area contributed by atoms with Gasteiger partial charge in [0.2, 0.25) is 11.8 Å². The third kappa shape index (κ3) is 5.36. The van der Waals surface area contributed by atoms with Crippen LogP contribution in [0.3, 0.4) is 0 Å². The van der Waals surface area contributed by atoms with Crippen molar-refractivity contribution >= 4 is 40.0 Å². The van der Waals surface area contributed by atoms with Crippen molar-refractivity contribution in [3.8, 4) is 11.3 Å². The Morgan fingerprint density at radius 1 is 1.02 bits per heavy atom. The van der Waals surface area contributed by atoms with Crippen LogP contribution in [-0.2, 0) is 15.0 Å². The Hall–Kier alpha value is -4.38. The Morgan fingerprint density at radius 3 is 2.46 bits per heavy atom. The van der Waals surface area contributed by atoms with E-state index < -0.39 is 11.2 Å². The van der Waals surface area contributed by atoms with Crippen LogP contribution in [0.5, 0.6) is 0 Å². The quantitative estimate of drug-likeness (QED) is 0.241. The van der Waals surface area contributed by atoms with E-state index in [0.717, 1.165) is 53.8 Å². The van der Waals surface area contributed by atoms with E-state index in [1.807, 2.05) is 22.5 Å². The van der Waals surface area contributed by atoms with Crippen molar-refractivity contribution in [2.75, 3.05) is 36.4 Å². The summed E-state index contributed by atoms with van der Waals surface area (Å²) in [6.45, 7) is 15.6. The van der Waals surface area contributed by atoms with Gasteiger partial charge in [0.15, 0.2) is 11.6 Å². The van der Waals surface area contributed by atoms with Gasteiger partial charge in [0, 0.05) is 61.6 Å². The van der Waals surface area contributed by atoms with Gasteiger partial charge in [-0.15, -0.1) is 0 Å². The molecule has 4 aliphatic rings. The first kappa shape index (κ1) is 32.8. The number of aromatic nitrogens is 4. The minimum Gasteiger partial charge on any atom is -0.343 e. The van der Waals surface area contributed by atoms with Gasteiger partial charge in [-0.05, 0) is 88.6 Å². The van der Waals surface area contributed by atoms with Gasteiger partial charge < -0.3 is 19.7 Å². The number of likely N-dealkylation sites (tertiary alicyclic amines) is 2. The second-order valence-corrected chi connectivity index (χ2v) is 16.1. The van der Waals surface area contributed by atoms with E-state index in [9.17, 15) is 14.0 Å². The van der Waals surface area contributed by atoms with Gasteiger partial charge >= 0.3 is 0 Å². The fourth-order valence-corrected chi connectivity index (χ4v) is 8.79. The van der Waals surface area contributed by atoms with E-state index in [1.54, 1.807) is 19.3 Å². The number of benzene rings is 1. The molecule has 1 aliphatic carbocycles. The topological polar surface area (TPSA) is 99.5 Å². The third-order valence-electron chi connectivity index (χ3n) is 11.8. The van der Waals surface area contributed by atoms with Crippen molar-refractivity contribution in [3.63, 3.8) is 0 Å². The average Bonchev–Trinajstić information content (AvgIpc) is 3.72. The number of rotatable bonds is 6. The molecule has 1 saturated carbocycles. The van der Waals surface area contributed by atoms with Crippen molar-refractivity contribution in [2.24, 2.45) is 5.41 Å². The largest absolute Gasteiger partial charge is 0.343 e. The molecule has 3 aromatic heterocycles. The molecule has 0 atom stereocenters. The van der Waals surface area contributed by atoms with E-state index >= 15 is 0 Å². The molecule has 8 rings (SSSR count). The highest BCUT2D eigenvalue weighted by molar-refractivity contribution is 6.09. The fourth-order valence-electron chi connectivity index (χ4n) is 8.79. The molecule has 262 valence electrons. The minimum absolute atomic E-state index is 0.0562. The van der Waals surface area contributed by atoms with Crippen LogP contribution >= 0.6 is 0 Å². The van der Waals surface area contributed by atoms with E-state index in [2.05, 4.69) is 66.0 Å². The predicted octanol–water partition coefficient (Wildman–Crippen LogP) is 6.75. The molecule has 6 heterocycles. The van der Waals surface area contributed by atoms with Crippen molar-refractivity contribution in [2.45, 2.75) is 97.2 Å². The number of pyridine rings is 2. The molecule has 2 amide bonds. The number of fused-ring (bicyclic) bond motifs is 3. The number of anilines is 3. The van der Waals surface area contributed by atoms with Crippen LogP contribution in [0.2, 0.25) is 0 Å². The summed E-state index contributed by atoms with van der Waals surface area (Å²) in [5.74, 6) is 0.268. The molecule has 11 heteroatoms. The first-order valence-corrected chi connectivity index (χ1v) is 18.1. The zero-order valence-corrected chi connectivity index (χ0v) is 30.0. The lowest BCUT2D eigenvalue weighted by atomic mass is 9.73. The molecule has 0 unspecified atom stereocenters. The van der Waals surface area contributed by atoms with Crippen molar-refractivity contribution in [3.05, 3.63) is 59.9 Å². The maximum Gasteiger partial charge on any atom is 0.238 e. The van der Waals surface area contributed by atoms with Gasteiger partial charge in [-0.1, -0.05) is 26.0 Å². The Kier molecular flexibility index (Phi) is 7.78. The number of aryl methyl sites for hydroxylation is 1. The Balaban J connectivity index is 1.19. The van der Waals surface area contributed by atoms with Crippen molar-refractivity contribution in [1.29, 1.82) is 0 Å². The predicted molar refractivity (Wildman–Crippen MR) is 193 cm³/mol. The van der Waals surface area contributed by atoms with Crippen LogP contribution in [0, 0.1) is 18.2 Å². The molecule has 3 fully saturated rings. The maximum absolute atomic E-state index is 15.0. The van der Waals surface area contributed by atoms with Crippen molar-refractivity contribution in [1.82, 2.24) is 29.3 Å². The smallest absolute Gasteiger partial charge is 0.238 e. The number of halogens is 1. The third-order valence-corrected chi connectivity index (χ3v) is 11.8. The van der Waals surface area contributed by atoms with Gasteiger partial charge in [0.25, 0.3) is 0 Å². The molecule has 50 heavy (non-hydrogen) atoms. The normalized spacial score (nSPS) is 22.8. The highest BCUT2D eigenvalue weighted by Crippen LogP contribution is 2.52. The summed E-state index contributed by atoms with van der Waals surface area (Å²) in [4.78, 5) is 47.5. The zero-order chi connectivity index (χ0) is 35.1. The first-order chi connectivity index (χ1) is 23.8. The molecule has 4 aromatic rings. The summed E-state index contributed by atoms with van der Waals surface area (Å²) in [7, 11) is 0. The molecular formula is C39H47FN8O2. The lowest BCUT2D eigenvalue weighted by Crippen LogP contribution is -2.57. The SMILES string of the molecule is CC(=O)N1CCC2(CC1)C(=O)N([C@H]1C[C@@H](N3CCC(C)(C)C3)C1)c1cc(-c3cc4ncn(C(C)C)c4c(Nc4cc(C)ncc4F)n3)ccc12. The van der Waals surface area contributed by atoms with E-state index in [1.165, 1.54) is 12.6 Å². The fraction of sp³-hybridized carbons (Fsp3) is 0.513. The highest BCUT2D eigenvalue weighted by Gasteiger charge is 2.56. The molecule has 1 spiro atoms. The number of imidazole rings is 1. The van der Waals surface area contributed by atoms with Crippen LogP contribution < -0.4 is 10.2 Å². The van der Waals surface area contributed by atoms with Crippen LogP contribution in [0.15, 0.2) is 42.9 Å². The standard InChI is InChI=1S/C39H47FN8O2/c1-23(2)47-22-42-33-19-31(43-36(35(33)47)44-32-15-24(3)41-20-30(32)40)26-7-8-29-34(16-26)48(28-17-27(18-28)46-12-9-38(5,6)21-46)37(50)39(29)10-13-45(14-11-39)25(4)49/h7-8,15-16,19-20,22-23,27-28H,9-14,17-18,21H2,1-6H3,(H,41,43,44)/t27-,28+. The number of hydrogen-bond acceptors (Lipinski definition) is 7. The molecule has 2 saturated heterocycles. The van der Waals surface area contributed by atoms with E-state index in [0.29, 0.717) is 60.3 Å². The molecule has 10 nitrogen and oxygen atoms in total. The van der Waals surface area contributed by atoms with Crippen LogP contribution in [-0.4, -0.2) is 79.4 Å². The number of nitrogens with zero attached hydrogens (tertiary/aromatic N) is 7. The summed E-state index contributed by atoms with van der Waals surface area (Å²) in [6, 6.07) is 10.7. The molecular weight excluding hydrogens is 631 g/mol. The van der Waals surface area contributed by atoms with E-state index in [4.69, 9.17) is 9.97 Å². The number of carbonyl (C=O) groups excluding carboxylic acids is 2. The monoisotopic (exact) mass is 678 g/mol. The summed E-state index contributed by atoms with van der Waals surface area (Å²) < 4.78 is 17.0. The minimum atomic E-state index is -0.641. The molecule has 1 aromatic carbocycles. The Morgan fingerprint density at radius 2 is 1.78 bits per heavy atom. The highest BCUT2D eigenvalue weighted by atomic mass is 19.1. The number of carbonyl (C=O) groups is 2. The number of hydrogen-bond donors (Lipinski definition) is 1. The van der Waals surface area contributed by atoms with Crippen LogP contribution in [0.1, 0.15) is 84.0 Å². The summed E-state index contributed by atoms with van der Waals surface area (Å²) >= 11 is 0. The van der Waals surface area contributed by atoms with Gasteiger partial charge in [0.1, 0.15) is 5.52 Å². The average molecular weight is 679 g/mol. The lowest BCUT2D eigenvalue weighted by molar-refractivity contribution is -0.134. The summed E-state index contributed by atoms with van der Waals surface area (Å²) in [5, 5.41) is 3.26. The van der Waals surface area contributed by atoms with E-state index in [-0.39, 0.29) is 23.9 Å². The zero-order valence-electron chi connectivity index (χ0n) is 30.0. The lowest BCUT2D eigenvalue weighted by Gasteiger charge is -2.46. The molecule has 1 N–H and O–H groups in total. The van der Waals surface area contributed by atoms with Crippen molar-refractivity contribution < 1.29 is 14.0 Å². The Labute approximate surface area is 293 Å². The second-order valence-electron chi connectivity index (χ2n) is 16.1. The van der Waals surface area contributed by atoms with Gasteiger partial charge in [-0.2, -0.15) is 0 Å². The summed E-state index contributed by atoms with van der Waals surface area (Å²) in [6.07, 6.45) is 7.38. The van der Waals surface area contributed by atoms with Crippen LogP contribution in [0.4, 0.5) is 21.6 Å². The van der Waals surface area contributed by atoms with Gasteiger partial charge in [-0.25, -0.2) is 14.4 Å². The maximum atomic E-state index is 15.0. The van der Waals surface area contributed by atoms with Gasteiger partial charge in [0.05, 0.1) is 34.8 Å². The first-order valence-electron chi connectivity index (χ1n) is 18.1. The Bertz CT molecular complexity index is 2010. The molecule has 0 radical (unpaired) electrons. The number of amides is 2. The molecule has 0 bridgehead atoms. The summed E-state index contributed by atoms with van der Waals surface area (Å²) in [5.41, 5.74) is 5.78.